The Bertz CT molecular complexity index is 91.1. The zero-order valence-corrected chi connectivity index (χ0v) is 6.95. The van der Waals surface area contributed by atoms with Crippen molar-refractivity contribution in [2.45, 2.75) is 17.2 Å². The topological polar surface area (TPSA) is 32.3 Å². The number of piperidine rings is 1. The van der Waals surface area contributed by atoms with Crippen molar-refractivity contribution in [1.82, 2.24) is 5.32 Å². The molecule has 1 saturated heterocycles. The molecule has 2 N–H and O–H groups in total. The van der Waals surface area contributed by atoms with E-state index in [1.54, 1.807) is 0 Å². The largest absolute Gasteiger partial charge is 0.395 e. The van der Waals surface area contributed by atoms with E-state index in [-0.39, 0.29) is 10.9 Å². The molecule has 3 heteroatoms. The van der Waals surface area contributed by atoms with Crippen molar-refractivity contribution in [3.05, 3.63) is 0 Å². The molecule has 0 aromatic rings. The van der Waals surface area contributed by atoms with Crippen molar-refractivity contribution in [3.8, 4) is 0 Å². The van der Waals surface area contributed by atoms with Gasteiger partial charge in [0.15, 0.2) is 0 Å². The minimum Gasteiger partial charge on any atom is -0.395 e. The van der Waals surface area contributed by atoms with E-state index < -0.39 is 0 Å². The van der Waals surface area contributed by atoms with Gasteiger partial charge in [0.2, 0.25) is 0 Å². The maximum Gasteiger partial charge on any atom is 0.0585 e. The lowest BCUT2D eigenvalue weighted by atomic mass is 9.99. The molecule has 9 heavy (non-hydrogen) atoms. The second-order valence-electron chi connectivity index (χ2n) is 2.56. The normalized spacial score (nSPS) is 26.0. The molecule has 0 aromatic heterocycles. The van der Waals surface area contributed by atoms with Gasteiger partial charge in [-0.05, 0) is 25.9 Å². The summed E-state index contributed by atoms with van der Waals surface area (Å²) >= 11 is 3.50. The van der Waals surface area contributed by atoms with Crippen LogP contribution in [0.4, 0.5) is 0 Å². The maximum atomic E-state index is 8.88. The second kappa shape index (κ2) is 2.99. The molecule has 1 heterocycles. The van der Waals surface area contributed by atoms with Gasteiger partial charge in [-0.3, -0.25) is 0 Å². The predicted octanol–water partition coefficient (Wildman–Crippen LogP) is 0.496. The number of aliphatic hydroxyl groups excluding tert-OH is 1. The summed E-state index contributed by atoms with van der Waals surface area (Å²) in [4.78, 5) is 0. The highest BCUT2D eigenvalue weighted by Crippen LogP contribution is 2.27. The molecule has 1 rings (SSSR count). The maximum absolute atomic E-state index is 8.88. The Labute approximate surface area is 63.8 Å². The fourth-order valence-corrected chi connectivity index (χ4v) is 1.43. The third-order valence-electron chi connectivity index (χ3n) is 1.78. The highest BCUT2D eigenvalue weighted by atomic mass is 79.9. The minimum absolute atomic E-state index is 0.0260. The fourth-order valence-electron chi connectivity index (χ4n) is 1.03. The average molecular weight is 194 g/mol. The van der Waals surface area contributed by atoms with Crippen molar-refractivity contribution in [1.29, 1.82) is 0 Å². The van der Waals surface area contributed by atoms with Crippen LogP contribution >= 0.6 is 15.9 Å². The van der Waals surface area contributed by atoms with Gasteiger partial charge in [-0.2, -0.15) is 0 Å². The Morgan fingerprint density at radius 1 is 1.44 bits per heavy atom. The molecule has 54 valence electrons. The summed E-state index contributed by atoms with van der Waals surface area (Å²) in [6, 6.07) is 0. The second-order valence-corrected chi connectivity index (χ2v) is 4.24. The number of nitrogens with one attached hydrogen (secondary N) is 1. The van der Waals surface area contributed by atoms with Crippen LogP contribution in [0.2, 0.25) is 0 Å². The van der Waals surface area contributed by atoms with Crippen LogP contribution in [0.3, 0.4) is 0 Å². The number of rotatable bonds is 1. The van der Waals surface area contributed by atoms with Gasteiger partial charge >= 0.3 is 0 Å². The molecule has 0 spiro atoms. The van der Waals surface area contributed by atoms with Crippen LogP contribution < -0.4 is 5.32 Å². The fraction of sp³-hybridized carbons (Fsp3) is 1.00. The lowest BCUT2D eigenvalue weighted by molar-refractivity contribution is 0.224. The van der Waals surface area contributed by atoms with Gasteiger partial charge in [-0.25, -0.2) is 0 Å². The first-order valence-electron chi connectivity index (χ1n) is 3.27. The highest BCUT2D eigenvalue weighted by molar-refractivity contribution is 9.10. The van der Waals surface area contributed by atoms with E-state index in [0.29, 0.717) is 0 Å². The molecule has 0 saturated carbocycles. The quantitative estimate of drug-likeness (QED) is 0.595. The molecule has 0 aliphatic carbocycles. The van der Waals surface area contributed by atoms with Gasteiger partial charge < -0.3 is 10.4 Å². The Kier molecular flexibility index (Phi) is 2.50. The summed E-state index contributed by atoms with van der Waals surface area (Å²) in [5.74, 6) is 0. The molecule has 1 fully saturated rings. The first-order valence-corrected chi connectivity index (χ1v) is 4.07. The summed E-state index contributed by atoms with van der Waals surface area (Å²) < 4.78 is 0.0260. The molecular formula is C6H12BrNO. The van der Waals surface area contributed by atoms with Gasteiger partial charge in [0.1, 0.15) is 0 Å². The van der Waals surface area contributed by atoms with Crippen molar-refractivity contribution < 1.29 is 5.11 Å². The number of alkyl halides is 1. The van der Waals surface area contributed by atoms with Gasteiger partial charge in [-0.15, -0.1) is 0 Å². The standard InChI is InChI=1S/C6H12BrNO/c7-6(5-9)1-3-8-4-2-6/h8-9H,1-5H2. The van der Waals surface area contributed by atoms with Crippen LogP contribution in [-0.4, -0.2) is 29.1 Å². The molecule has 0 amide bonds. The average Bonchev–Trinajstić information content (AvgIpc) is 1.90. The monoisotopic (exact) mass is 193 g/mol. The van der Waals surface area contributed by atoms with E-state index in [2.05, 4.69) is 21.2 Å². The highest BCUT2D eigenvalue weighted by Gasteiger charge is 2.27. The lowest BCUT2D eigenvalue weighted by Gasteiger charge is -2.29. The van der Waals surface area contributed by atoms with E-state index >= 15 is 0 Å². The number of hydrogen-bond donors (Lipinski definition) is 2. The van der Waals surface area contributed by atoms with Crippen molar-refractivity contribution in [2.75, 3.05) is 19.7 Å². The smallest absolute Gasteiger partial charge is 0.0585 e. The summed E-state index contributed by atoms with van der Waals surface area (Å²) in [5.41, 5.74) is 0. The molecule has 0 bridgehead atoms. The first-order chi connectivity index (χ1) is 4.27. The summed E-state index contributed by atoms with van der Waals surface area (Å²) in [5, 5.41) is 12.1. The molecule has 0 atom stereocenters. The molecule has 0 radical (unpaired) electrons. The van der Waals surface area contributed by atoms with Gasteiger partial charge in [0, 0.05) is 0 Å². The molecule has 1 aliphatic heterocycles. The van der Waals surface area contributed by atoms with E-state index in [1.165, 1.54) is 0 Å². The van der Waals surface area contributed by atoms with E-state index in [9.17, 15) is 0 Å². The van der Waals surface area contributed by atoms with E-state index in [1.807, 2.05) is 0 Å². The molecular weight excluding hydrogens is 182 g/mol. The predicted molar refractivity (Wildman–Crippen MR) is 40.8 cm³/mol. The van der Waals surface area contributed by atoms with Crippen LogP contribution in [0, 0.1) is 0 Å². The Morgan fingerprint density at radius 2 is 2.00 bits per heavy atom. The molecule has 0 aromatic carbocycles. The molecule has 0 unspecified atom stereocenters. The van der Waals surface area contributed by atoms with E-state index in [0.717, 1.165) is 25.9 Å². The summed E-state index contributed by atoms with van der Waals surface area (Å²) in [7, 11) is 0. The Hall–Kier alpha value is 0.400. The number of halogens is 1. The van der Waals surface area contributed by atoms with Crippen LogP contribution in [0.15, 0.2) is 0 Å². The van der Waals surface area contributed by atoms with Gasteiger partial charge in [0.05, 0.1) is 10.9 Å². The number of hydrogen-bond acceptors (Lipinski definition) is 2. The third-order valence-corrected chi connectivity index (χ3v) is 2.83. The Balaban J connectivity index is 2.37. The van der Waals surface area contributed by atoms with Crippen LogP contribution in [0.5, 0.6) is 0 Å². The Morgan fingerprint density at radius 3 is 2.33 bits per heavy atom. The molecule has 1 aliphatic rings. The zero-order chi connectivity index (χ0) is 6.74. The summed E-state index contributed by atoms with van der Waals surface area (Å²) in [6.07, 6.45) is 2.06. The van der Waals surface area contributed by atoms with Gasteiger partial charge in [-0.1, -0.05) is 15.9 Å². The lowest BCUT2D eigenvalue weighted by Crippen LogP contribution is -2.39. The van der Waals surface area contributed by atoms with Crippen LogP contribution in [0.1, 0.15) is 12.8 Å². The third kappa shape index (κ3) is 1.92. The van der Waals surface area contributed by atoms with Crippen LogP contribution in [0.25, 0.3) is 0 Å². The summed E-state index contributed by atoms with van der Waals surface area (Å²) in [6.45, 7) is 2.30. The van der Waals surface area contributed by atoms with Crippen LogP contribution in [-0.2, 0) is 0 Å². The first kappa shape index (κ1) is 7.51. The van der Waals surface area contributed by atoms with Gasteiger partial charge in [0.25, 0.3) is 0 Å². The van der Waals surface area contributed by atoms with E-state index in [4.69, 9.17) is 5.11 Å². The van der Waals surface area contributed by atoms with Crippen molar-refractivity contribution in [3.63, 3.8) is 0 Å². The van der Waals surface area contributed by atoms with Crippen molar-refractivity contribution in [2.24, 2.45) is 0 Å². The van der Waals surface area contributed by atoms with Crippen molar-refractivity contribution >= 4 is 15.9 Å². The SMILES string of the molecule is OCC1(Br)CCNCC1. The molecule has 2 nitrogen and oxygen atoms in total. The minimum atomic E-state index is 0.0260. The number of aliphatic hydroxyl groups is 1. The zero-order valence-electron chi connectivity index (χ0n) is 5.36.